The summed E-state index contributed by atoms with van der Waals surface area (Å²) in [5.74, 6) is -1.46. The standard InChI is InChI=1S/C62H115O11P/c1-4-7-10-13-16-19-22-25-27-28-29-30-32-34-36-39-42-45-48-51-60(64)69-55-59(73-62(66)53-50-47-44-41-38-35-31-26-23-20-17-14-11-8-5-2)57-71-74(67,68)70-56-58(54-63)72-61(65)52-49-46-43-40-37-33-24-21-18-15-12-9-6-3/h8,11,17,20,26,31,58-59,63H,4-7,9-10,12-16,18-19,21-25,27-30,32-57H2,1-3H3,(H,67,68)/b11-8-,20-17-,31-26-. The van der Waals surface area contributed by atoms with Crippen molar-refractivity contribution in [2.75, 3.05) is 26.4 Å². The largest absolute Gasteiger partial charge is 0.472 e. The Morgan fingerprint density at radius 1 is 0.392 bits per heavy atom. The second kappa shape index (κ2) is 56.9. The molecule has 2 N–H and O–H groups in total. The fourth-order valence-electron chi connectivity index (χ4n) is 8.90. The van der Waals surface area contributed by atoms with E-state index in [1.54, 1.807) is 0 Å². The number of carbonyl (C=O) groups is 3. The molecule has 0 rings (SSSR count). The fourth-order valence-corrected chi connectivity index (χ4v) is 9.69. The van der Waals surface area contributed by atoms with E-state index in [0.717, 1.165) is 89.9 Å². The lowest BCUT2D eigenvalue weighted by Gasteiger charge is -2.21. The maximum Gasteiger partial charge on any atom is 0.472 e. The zero-order chi connectivity index (χ0) is 54.1. The second-order valence-electron chi connectivity index (χ2n) is 20.9. The van der Waals surface area contributed by atoms with Crippen LogP contribution in [-0.2, 0) is 42.2 Å². The first-order valence-corrected chi connectivity index (χ1v) is 32.4. The van der Waals surface area contributed by atoms with Gasteiger partial charge in [-0.1, -0.05) is 269 Å². The molecule has 0 fully saturated rings. The number of aliphatic hydroxyl groups excluding tert-OH is 1. The van der Waals surface area contributed by atoms with Crippen LogP contribution in [0.2, 0.25) is 0 Å². The quantitative estimate of drug-likeness (QED) is 0.0197. The van der Waals surface area contributed by atoms with Crippen LogP contribution in [0.5, 0.6) is 0 Å². The van der Waals surface area contributed by atoms with Gasteiger partial charge in [-0.05, 0) is 51.4 Å². The van der Waals surface area contributed by atoms with Crippen molar-refractivity contribution in [2.45, 2.75) is 315 Å². The Labute approximate surface area is 454 Å². The SMILES string of the molecule is CC/C=C\C/C=C\C/C=C\CCCCCCCC(=O)OC(COC(=O)CCCCCCCCCCCCCCCCCCCCC)COP(=O)(O)OCC(CO)OC(=O)CCCCCCCCCCCCCCC. The maximum atomic E-state index is 12.9. The lowest BCUT2D eigenvalue weighted by atomic mass is 10.0. The van der Waals surface area contributed by atoms with E-state index < -0.39 is 57.8 Å². The van der Waals surface area contributed by atoms with Crippen LogP contribution in [0.3, 0.4) is 0 Å². The Balaban J connectivity index is 4.67. The summed E-state index contributed by atoms with van der Waals surface area (Å²) < 4.78 is 39.6. The number of esters is 3. The molecule has 0 bridgehead atoms. The zero-order valence-electron chi connectivity index (χ0n) is 48.1. The maximum absolute atomic E-state index is 12.9. The predicted octanol–water partition coefficient (Wildman–Crippen LogP) is 18.4. The summed E-state index contributed by atoms with van der Waals surface area (Å²) in [6, 6.07) is 0. The van der Waals surface area contributed by atoms with Crippen LogP contribution in [0.1, 0.15) is 303 Å². The van der Waals surface area contributed by atoms with Crippen LogP contribution >= 0.6 is 7.82 Å². The van der Waals surface area contributed by atoms with Crippen LogP contribution in [-0.4, -0.2) is 66.5 Å². The monoisotopic (exact) mass is 1070 g/mol. The molecule has 3 atom stereocenters. The molecule has 11 nitrogen and oxygen atoms in total. The molecule has 0 saturated heterocycles. The number of rotatable bonds is 58. The summed E-state index contributed by atoms with van der Waals surface area (Å²) in [6.45, 7) is 4.57. The molecule has 0 aliphatic carbocycles. The van der Waals surface area contributed by atoms with E-state index >= 15 is 0 Å². The molecular formula is C62H115O11P. The van der Waals surface area contributed by atoms with Crippen molar-refractivity contribution in [1.29, 1.82) is 0 Å². The Hall–Kier alpha value is -2.30. The van der Waals surface area contributed by atoms with Crippen LogP contribution in [0.4, 0.5) is 0 Å². The third kappa shape index (κ3) is 54.5. The van der Waals surface area contributed by atoms with Crippen molar-refractivity contribution in [3.05, 3.63) is 36.5 Å². The van der Waals surface area contributed by atoms with Gasteiger partial charge in [0.2, 0.25) is 0 Å². The van der Waals surface area contributed by atoms with Crippen molar-refractivity contribution in [3.63, 3.8) is 0 Å². The van der Waals surface area contributed by atoms with Gasteiger partial charge in [0.05, 0.1) is 19.8 Å². The Kier molecular flexibility index (Phi) is 55.1. The summed E-state index contributed by atoms with van der Waals surface area (Å²) in [6.07, 6.45) is 59.6. The topological polar surface area (TPSA) is 155 Å². The molecule has 0 aliphatic rings. The lowest BCUT2D eigenvalue weighted by molar-refractivity contribution is -0.161. The van der Waals surface area contributed by atoms with E-state index in [1.807, 2.05) is 0 Å². The van der Waals surface area contributed by atoms with Crippen molar-refractivity contribution in [3.8, 4) is 0 Å². The number of ether oxygens (including phenoxy) is 3. The molecule has 0 heterocycles. The fraction of sp³-hybridized carbons (Fsp3) is 0.855. The number of hydrogen-bond acceptors (Lipinski definition) is 10. The van der Waals surface area contributed by atoms with Crippen molar-refractivity contribution < 1.29 is 52.2 Å². The van der Waals surface area contributed by atoms with E-state index in [0.29, 0.717) is 19.3 Å². The van der Waals surface area contributed by atoms with Crippen LogP contribution in [0.15, 0.2) is 36.5 Å². The Bertz CT molecular complexity index is 1380. The molecule has 3 unspecified atom stereocenters. The number of phosphoric ester groups is 1. The third-order valence-electron chi connectivity index (χ3n) is 13.6. The van der Waals surface area contributed by atoms with Crippen LogP contribution < -0.4 is 0 Å². The number of allylic oxidation sites excluding steroid dienone is 6. The van der Waals surface area contributed by atoms with Gasteiger partial charge in [-0.2, -0.15) is 0 Å². The molecular weight excluding hydrogens is 952 g/mol. The number of carbonyl (C=O) groups excluding carboxylic acids is 3. The van der Waals surface area contributed by atoms with Crippen molar-refractivity contribution >= 4 is 25.7 Å². The van der Waals surface area contributed by atoms with E-state index in [4.69, 9.17) is 23.3 Å². The van der Waals surface area contributed by atoms with Gasteiger partial charge in [0.1, 0.15) is 12.7 Å². The summed E-state index contributed by atoms with van der Waals surface area (Å²) >= 11 is 0. The summed E-state index contributed by atoms with van der Waals surface area (Å²) in [7, 11) is -4.75. The van der Waals surface area contributed by atoms with E-state index in [2.05, 4.69) is 57.2 Å². The number of hydrogen-bond donors (Lipinski definition) is 2. The van der Waals surface area contributed by atoms with Gasteiger partial charge in [0.25, 0.3) is 0 Å². The molecule has 0 saturated carbocycles. The smallest absolute Gasteiger partial charge is 0.462 e. The van der Waals surface area contributed by atoms with Gasteiger partial charge in [0, 0.05) is 19.3 Å². The van der Waals surface area contributed by atoms with Gasteiger partial charge >= 0.3 is 25.7 Å². The number of unbranched alkanes of at least 4 members (excludes halogenated alkanes) is 35. The highest BCUT2D eigenvalue weighted by Gasteiger charge is 2.28. The minimum atomic E-state index is -4.75. The van der Waals surface area contributed by atoms with Gasteiger partial charge in [-0.15, -0.1) is 0 Å². The molecule has 0 spiro atoms. The molecule has 0 aromatic rings. The molecule has 0 aromatic carbocycles. The first kappa shape index (κ1) is 71.7. The Morgan fingerprint density at radius 2 is 0.703 bits per heavy atom. The van der Waals surface area contributed by atoms with Gasteiger partial charge in [-0.25, -0.2) is 4.57 Å². The normalized spacial score (nSPS) is 13.5. The molecule has 0 amide bonds. The molecule has 434 valence electrons. The highest BCUT2D eigenvalue weighted by Crippen LogP contribution is 2.43. The molecule has 0 radical (unpaired) electrons. The van der Waals surface area contributed by atoms with Crippen molar-refractivity contribution in [2.24, 2.45) is 0 Å². The van der Waals surface area contributed by atoms with E-state index in [9.17, 15) is 28.9 Å². The number of aliphatic hydroxyl groups is 1. The molecule has 0 aliphatic heterocycles. The summed E-state index contributed by atoms with van der Waals surface area (Å²) in [5.41, 5.74) is 0. The zero-order valence-corrected chi connectivity index (χ0v) is 49.0. The van der Waals surface area contributed by atoms with Gasteiger partial charge < -0.3 is 24.2 Å². The van der Waals surface area contributed by atoms with Crippen LogP contribution in [0, 0.1) is 0 Å². The van der Waals surface area contributed by atoms with Gasteiger partial charge in [-0.3, -0.25) is 23.4 Å². The van der Waals surface area contributed by atoms with Crippen LogP contribution in [0.25, 0.3) is 0 Å². The minimum absolute atomic E-state index is 0.152. The predicted molar refractivity (Wildman–Crippen MR) is 307 cm³/mol. The first-order chi connectivity index (χ1) is 36.2. The number of phosphoric acid groups is 1. The van der Waals surface area contributed by atoms with Crippen molar-refractivity contribution in [1.82, 2.24) is 0 Å². The summed E-state index contributed by atoms with van der Waals surface area (Å²) in [4.78, 5) is 48.6. The average Bonchev–Trinajstić information content (AvgIpc) is 3.39. The third-order valence-corrected chi connectivity index (χ3v) is 14.5. The van der Waals surface area contributed by atoms with E-state index in [1.165, 1.54) is 154 Å². The first-order valence-electron chi connectivity index (χ1n) is 30.9. The van der Waals surface area contributed by atoms with E-state index in [-0.39, 0.29) is 25.9 Å². The lowest BCUT2D eigenvalue weighted by Crippen LogP contribution is -2.30. The summed E-state index contributed by atoms with van der Waals surface area (Å²) in [5, 5.41) is 9.82. The highest BCUT2D eigenvalue weighted by molar-refractivity contribution is 7.47. The molecule has 74 heavy (non-hydrogen) atoms. The molecule has 0 aromatic heterocycles. The molecule has 12 heteroatoms. The Morgan fingerprint density at radius 3 is 1.08 bits per heavy atom. The van der Waals surface area contributed by atoms with Gasteiger partial charge in [0.15, 0.2) is 6.10 Å². The second-order valence-corrected chi connectivity index (χ2v) is 22.3. The highest BCUT2D eigenvalue weighted by atomic mass is 31.2. The minimum Gasteiger partial charge on any atom is -0.462 e. The average molecular weight is 1070 g/mol.